The highest BCUT2D eigenvalue weighted by Gasteiger charge is 2.09. The summed E-state index contributed by atoms with van der Waals surface area (Å²) in [4.78, 5) is 4.57. The fraction of sp³-hybridized carbons (Fsp3) is 0.238. The number of nitrogens with one attached hydrogen (secondary N) is 1. The molecular formula is C21H23N3O3S. The van der Waals surface area contributed by atoms with Gasteiger partial charge in [-0.1, -0.05) is 19.1 Å². The summed E-state index contributed by atoms with van der Waals surface area (Å²) in [6, 6.07) is 13.5. The lowest BCUT2D eigenvalue weighted by atomic mass is 10.1. The molecule has 6 nitrogen and oxygen atoms in total. The van der Waals surface area contributed by atoms with Gasteiger partial charge in [0.05, 0.1) is 32.7 Å². The largest absolute Gasteiger partial charge is 0.494 e. The molecule has 0 saturated heterocycles. The van der Waals surface area contributed by atoms with Crippen molar-refractivity contribution in [2.75, 3.05) is 26.3 Å². The number of thiazole rings is 1. The van der Waals surface area contributed by atoms with E-state index in [1.807, 2.05) is 47.8 Å². The number of aromatic nitrogens is 1. The van der Waals surface area contributed by atoms with Crippen molar-refractivity contribution < 1.29 is 14.2 Å². The molecule has 1 heterocycles. The van der Waals surface area contributed by atoms with Gasteiger partial charge in [-0.2, -0.15) is 5.10 Å². The second-order valence-electron chi connectivity index (χ2n) is 5.90. The van der Waals surface area contributed by atoms with Crippen molar-refractivity contribution in [1.29, 1.82) is 0 Å². The van der Waals surface area contributed by atoms with Crippen LogP contribution in [0, 0.1) is 0 Å². The van der Waals surface area contributed by atoms with Gasteiger partial charge < -0.3 is 14.2 Å². The first-order chi connectivity index (χ1) is 13.7. The molecule has 2 aromatic carbocycles. The molecule has 1 aromatic heterocycles. The second-order valence-corrected chi connectivity index (χ2v) is 6.76. The Bertz CT molecular complexity index is 940. The van der Waals surface area contributed by atoms with Crippen molar-refractivity contribution in [2.24, 2.45) is 5.10 Å². The summed E-state index contributed by atoms with van der Waals surface area (Å²) in [5, 5.41) is 6.95. The Morgan fingerprint density at radius 3 is 2.75 bits per heavy atom. The van der Waals surface area contributed by atoms with Gasteiger partial charge in [-0.05, 0) is 42.3 Å². The van der Waals surface area contributed by atoms with Gasteiger partial charge in [-0.15, -0.1) is 11.3 Å². The molecule has 0 saturated carbocycles. The van der Waals surface area contributed by atoms with E-state index >= 15 is 0 Å². The van der Waals surface area contributed by atoms with E-state index in [0.717, 1.165) is 29.0 Å². The normalized spacial score (nSPS) is 10.8. The molecule has 0 atom stereocenters. The molecule has 0 fully saturated rings. The maximum atomic E-state index is 5.64. The molecule has 3 rings (SSSR count). The van der Waals surface area contributed by atoms with E-state index in [0.29, 0.717) is 23.2 Å². The van der Waals surface area contributed by atoms with Gasteiger partial charge in [0, 0.05) is 10.9 Å². The van der Waals surface area contributed by atoms with E-state index in [-0.39, 0.29) is 0 Å². The summed E-state index contributed by atoms with van der Waals surface area (Å²) in [7, 11) is 3.23. The third-order valence-electron chi connectivity index (χ3n) is 3.89. The van der Waals surface area contributed by atoms with Crippen LogP contribution in [-0.2, 0) is 0 Å². The standard InChI is InChI=1S/C21H23N3O3S/c1-4-10-27-17-7-5-6-15(11-17)13-22-24-21-23-18(14-28-21)16-8-9-19(25-2)20(12-16)26-3/h5-9,11-14H,4,10H2,1-3H3,(H,23,24)/b22-13-. The molecule has 1 N–H and O–H groups in total. The topological polar surface area (TPSA) is 65.0 Å². The Kier molecular flexibility index (Phi) is 6.86. The van der Waals surface area contributed by atoms with Crippen molar-refractivity contribution in [3.05, 3.63) is 53.4 Å². The van der Waals surface area contributed by atoms with E-state index in [1.54, 1.807) is 20.4 Å². The van der Waals surface area contributed by atoms with Crippen molar-refractivity contribution in [3.8, 4) is 28.5 Å². The second kappa shape index (κ2) is 9.75. The predicted molar refractivity (Wildman–Crippen MR) is 114 cm³/mol. The third-order valence-corrected chi connectivity index (χ3v) is 4.64. The van der Waals surface area contributed by atoms with E-state index in [2.05, 4.69) is 22.4 Å². The highest BCUT2D eigenvalue weighted by molar-refractivity contribution is 7.14. The summed E-state index contributed by atoms with van der Waals surface area (Å²) in [5.41, 5.74) is 5.73. The average molecular weight is 398 g/mol. The van der Waals surface area contributed by atoms with Crippen LogP contribution in [0.15, 0.2) is 52.9 Å². The molecule has 7 heteroatoms. The Morgan fingerprint density at radius 1 is 1.11 bits per heavy atom. The molecule has 0 amide bonds. The first-order valence-corrected chi connectivity index (χ1v) is 9.81. The van der Waals surface area contributed by atoms with Gasteiger partial charge in [-0.3, -0.25) is 5.43 Å². The molecule has 0 unspecified atom stereocenters. The number of hydrazone groups is 1. The monoisotopic (exact) mass is 397 g/mol. The fourth-order valence-electron chi connectivity index (χ4n) is 2.52. The van der Waals surface area contributed by atoms with Crippen LogP contribution in [0.3, 0.4) is 0 Å². The minimum atomic E-state index is 0.672. The van der Waals surface area contributed by atoms with Crippen molar-refractivity contribution in [1.82, 2.24) is 4.98 Å². The zero-order valence-corrected chi connectivity index (χ0v) is 17.0. The van der Waals surface area contributed by atoms with Crippen LogP contribution in [0.25, 0.3) is 11.3 Å². The molecule has 0 radical (unpaired) electrons. The minimum Gasteiger partial charge on any atom is -0.494 e. The summed E-state index contributed by atoms with van der Waals surface area (Å²) in [6.07, 6.45) is 2.72. The molecular weight excluding hydrogens is 374 g/mol. The van der Waals surface area contributed by atoms with E-state index < -0.39 is 0 Å². The Morgan fingerprint density at radius 2 is 1.96 bits per heavy atom. The first-order valence-electron chi connectivity index (χ1n) is 8.93. The molecule has 28 heavy (non-hydrogen) atoms. The zero-order valence-electron chi connectivity index (χ0n) is 16.1. The van der Waals surface area contributed by atoms with Crippen LogP contribution in [0.1, 0.15) is 18.9 Å². The number of rotatable bonds is 9. The lowest BCUT2D eigenvalue weighted by Crippen LogP contribution is -1.96. The number of methoxy groups -OCH3 is 2. The maximum Gasteiger partial charge on any atom is 0.203 e. The number of ether oxygens (including phenoxy) is 3. The number of hydrogen-bond donors (Lipinski definition) is 1. The van der Waals surface area contributed by atoms with Crippen LogP contribution in [-0.4, -0.2) is 32.0 Å². The number of hydrogen-bond acceptors (Lipinski definition) is 7. The Labute approximate surface area is 168 Å². The highest BCUT2D eigenvalue weighted by atomic mass is 32.1. The first kappa shape index (κ1) is 19.7. The van der Waals surface area contributed by atoms with Gasteiger partial charge in [0.15, 0.2) is 11.5 Å². The smallest absolute Gasteiger partial charge is 0.203 e. The third kappa shape index (κ3) is 5.01. The van der Waals surface area contributed by atoms with Gasteiger partial charge >= 0.3 is 0 Å². The maximum absolute atomic E-state index is 5.64. The summed E-state index contributed by atoms with van der Waals surface area (Å²) in [5.74, 6) is 2.20. The zero-order chi connectivity index (χ0) is 19.8. The lowest BCUT2D eigenvalue weighted by molar-refractivity contribution is 0.317. The van der Waals surface area contributed by atoms with E-state index in [1.165, 1.54) is 11.3 Å². The van der Waals surface area contributed by atoms with Crippen LogP contribution >= 0.6 is 11.3 Å². The van der Waals surface area contributed by atoms with Crippen LogP contribution in [0.5, 0.6) is 17.2 Å². The predicted octanol–water partition coefficient (Wildman–Crippen LogP) is 5.06. The summed E-state index contributed by atoms with van der Waals surface area (Å²) >= 11 is 1.48. The van der Waals surface area contributed by atoms with Gasteiger partial charge in [0.25, 0.3) is 0 Å². The van der Waals surface area contributed by atoms with Crippen LogP contribution in [0.2, 0.25) is 0 Å². The molecule has 3 aromatic rings. The minimum absolute atomic E-state index is 0.672. The van der Waals surface area contributed by atoms with Gasteiger partial charge in [0.2, 0.25) is 5.13 Å². The van der Waals surface area contributed by atoms with Crippen LogP contribution in [0.4, 0.5) is 5.13 Å². The fourth-order valence-corrected chi connectivity index (χ4v) is 3.19. The number of nitrogens with zero attached hydrogens (tertiary/aromatic N) is 2. The van der Waals surface area contributed by atoms with Gasteiger partial charge in [0.1, 0.15) is 5.75 Å². The summed E-state index contributed by atoms with van der Waals surface area (Å²) in [6.45, 7) is 2.79. The molecule has 146 valence electrons. The Hall–Kier alpha value is -3.06. The molecule has 0 aliphatic carbocycles. The van der Waals surface area contributed by atoms with Crippen molar-refractivity contribution >= 4 is 22.7 Å². The average Bonchev–Trinajstić information content (AvgIpc) is 3.21. The molecule has 0 spiro atoms. The quantitative estimate of drug-likeness (QED) is 0.404. The van der Waals surface area contributed by atoms with Crippen molar-refractivity contribution in [3.63, 3.8) is 0 Å². The summed E-state index contributed by atoms with van der Waals surface area (Å²) < 4.78 is 16.3. The molecule has 0 aliphatic rings. The number of benzene rings is 2. The lowest BCUT2D eigenvalue weighted by Gasteiger charge is -2.08. The van der Waals surface area contributed by atoms with E-state index in [4.69, 9.17) is 14.2 Å². The molecule has 0 bridgehead atoms. The van der Waals surface area contributed by atoms with Crippen molar-refractivity contribution in [2.45, 2.75) is 13.3 Å². The number of anilines is 1. The SMILES string of the molecule is CCCOc1cccc(/C=N\Nc2nc(-c3ccc(OC)c(OC)c3)cs2)c1. The Balaban J connectivity index is 1.66. The molecule has 0 aliphatic heterocycles. The van der Waals surface area contributed by atoms with Gasteiger partial charge in [-0.25, -0.2) is 4.98 Å². The highest BCUT2D eigenvalue weighted by Crippen LogP contribution is 2.33. The van der Waals surface area contributed by atoms with Crippen LogP contribution < -0.4 is 19.6 Å². The van der Waals surface area contributed by atoms with E-state index in [9.17, 15) is 0 Å².